The van der Waals surface area contributed by atoms with Crippen LogP contribution in [0.5, 0.6) is 0 Å². The third kappa shape index (κ3) is 1.91. The number of anilines is 1. The number of hydrogen-bond acceptors (Lipinski definition) is 2. The minimum Gasteiger partial charge on any atom is -0.282 e. The highest BCUT2D eigenvalue weighted by atomic mass is 19.2. The smallest absolute Gasteiger partial charge is 0.238 e. The zero-order chi connectivity index (χ0) is 10.8. The number of nitrogens with one attached hydrogen (secondary N) is 1. The molecule has 1 aromatic rings. The number of rotatable bonds is 1. The van der Waals surface area contributed by atoms with E-state index in [4.69, 9.17) is 0 Å². The first-order valence-electron chi connectivity index (χ1n) is 4.69. The highest BCUT2D eigenvalue weighted by Gasteiger charge is 2.20. The Hall–Kier alpha value is -1.65. The standard InChI is InChI=1S/C10H10F2N2O/c11-7-3-1-4-8(10(7)12)14-6-2-5-9(15)13-14/h1,3-4H,2,5-6H2,(H,13,15). The summed E-state index contributed by atoms with van der Waals surface area (Å²) in [5, 5.41) is 1.34. The fraction of sp³-hybridized carbons (Fsp3) is 0.300. The predicted octanol–water partition coefficient (Wildman–Crippen LogP) is 1.60. The molecule has 1 aromatic carbocycles. The molecule has 0 radical (unpaired) electrons. The molecule has 0 bridgehead atoms. The van der Waals surface area contributed by atoms with Gasteiger partial charge in [-0.25, -0.2) is 8.78 Å². The van der Waals surface area contributed by atoms with Crippen LogP contribution in [0.4, 0.5) is 14.5 Å². The third-order valence-electron chi connectivity index (χ3n) is 2.27. The third-order valence-corrected chi connectivity index (χ3v) is 2.27. The van der Waals surface area contributed by atoms with Crippen LogP contribution in [0.25, 0.3) is 0 Å². The van der Waals surface area contributed by atoms with Crippen molar-refractivity contribution in [3.05, 3.63) is 29.8 Å². The molecular weight excluding hydrogens is 202 g/mol. The number of hydrazine groups is 1. The minimum absolute atomic E-state index is 0.0723. The summed E-state index contributed by atoms with van der Waals surface area (Å²) >= 11 is 0. The fourth-order valence-electron chi connectivity index (χ4n) is 1.54. The lowest BCUT2D eigenvalue weighted by molar-refractivity contribution is -0.122. The quantitative estimate of drug-likeness (QED) is 0.766. The molecule has 1 amide bonds. The van der Waals surface area contributed by atoms with Gasteiger partial charge in [0.2, 0.25) is 5.91 Å². The molecule has 0 unspecified atom stereocenters. The number of benzene rings is 1. The van der Waals surface area contributed by atoms with Crippen LogP contribution in [0.2, 0.25) is 0 Å². The first-order chi connectivity index (χ1) is 7.18. The van der Waals surface area contributed by atoms with Crippen LogP contribution in [-0.2, 0) is 4.79 Å². The van der Waals surface area contributed by atoms with E-state index in [0.29, 0.717) is 19.4 Å². The van der Waals surface area contributed by atoms with E-state index < -0.39 is 11.6 Å². The highest BCUT2D eigenvalue weighted by Crippen LogP contribution is 2.21. The molecule has 2 rings (SSSR count). The lowest BCUT2D eigenvalue weighted by Crippen LogP contribution is -2.47. The van der Waals surface area contributed by atoms with Crippen molar-refractivity contribution in [2.24, 2.45) is 0 Å². The predicted molar refractivity (Wildman–Crippen MR) is 51.1 cm³/mol. The van der Waals surface area contributed by atoms with E-state index >= 15 is 0 Å². The van der Waals surface area contributed by atoms with E-state index in [1.54, 1.807) is 0 Å². The molecule has 1 fully saturated rings. The van der Waals surface area contributed by atoms with Crippen molar-refractivity contribution in [2.75, 3.05) is 11.6 Å². The summed E-state index contributed by atoms with van der Waals surface area (Å²) in [6.45, 7) is 0.492. The number of amides is 1. The average Bonchev–Trinajstić information content (AvgIpc) is 2.22. The number of hydrogen-bond donors (Lipinski definition) is 1. The molecular formula is C10H10F2N2O. The zero-order valence-electron chi connectivity index (χ0n) is 7.96. The monoisotopic (exact) mass is 212 g/mol. The fourth-order valence-corrected chi connectivity index (χ4v) is 1.54. The second-order valence-electron chi connectivity index (χ2n) is 3.36. The lowest BCUT2D eigenvalue weighted by Gasteiger charge is -2.29. The Morgan fingerprint density at radius 3 is 2.87 bits per heavy atom. The average molecular weight is 212 g/mol. The molecule has 0 saturated carbocycles. The molecule has 1 aliphatic heterocycles. The lowest BCUT2D eigenvalue weighted by atomic mass is 10.2. The van der Waals surface area contributed by atoms with Crippen molar-refractivity contribution in [1.29, 1.82) is 0 Å². The van der Waals surface area contributed by atoms with Crippen LogP contribution >= 0.6 is 0 Å². The van der Waals surface area contributed by atoms with Crippen LogP contribution in [0.1, 0.15) is 12.8 Å². The van der Waals surface area contributed by atoms with E-state index in [0.717, 1.165) is 6.07 Å². The summed E-state index contributed by atoms with van der Waals surface area (Å²) in [5.74, 6) is -2.02. The first-order valence-corrected chi connectivity index (χ1v) is 4.69. The van der Waals surface area contributed by atoms with E-state index in [1.165, 1.54) is 17.1 Å². The van der Waals surface area contributed by atoms with Gasteiger partial charge in [-0.2, -0.15) is 0 Å². The van der Waals surface area contributed by atoms with Crippen molar-refractivity contribution in [3.63, 3.8) is 0 Å². The highest BCUT2D eigenvalue weighted by molar-refractivity contribution is 5.79. The van der Waals surface area contributed by atoms with Gasteiger partial charge in [0.25, 0.3) is 0 Å². The number of halogens is 2. The van der Waals surface area contributed by atoms with Crippen LogP contribution < -0.4 is 10.4 Å². The van der Waals surface area contributed by atoms with E-state index in [9.17, 15) is 13.6 Å². The second-order valence-corrected chi connectivity index (χ2v) is 3.36. The van der Waals surface area contributed by atoms with Crippen molar-refractivity contribution in [3.8, 4) is 0 Å². The molecule has 0 atom stereocenters. The molecule has 1 saturated heterocycles. The molecule has 0 aliphatic carbocycles. The Bertz CT molecular complexity index is 395. The first kappa shape index (κ1) is 9.89. The van der Waals surface area contributed by atoms with Crippen molar-refractivity contribution in [1.82, 2.24) is 5.43 Å². The molecule has 5 heteroatoms. The Labute approximate surface area is 85.7 Å². The van der Waals surface area contributed by atoms with E-state index in [1.807, 2.05) is 0 Å². The van der Waals surface area contributed by atoms with Crippen molar-refractivity contribution >= 4 is 11.6 Å². The van der Waals surface area contributed by atoms with Gasteiger partial charge in [-0.05, 0) is 18.6 Å². The van der Waals surface area contributed by atoms with Gasteiger partial charge in [0.05, 0.1) is 5.69 Å². The van der Waals surface area contributed by atoms with Gasteiger partial charge in [0.1, 0.15) is 0 Å². The van der Waals surface area contributed by atoms with Crippen molar-refractivity contribution in [2.45, 2.75) is 12.8 Å². The number of carbonyl (C=O) groups excluding carboxylic acids is 1. The summed E-state index contributed by atoms with van der Waals surface area (Å²) in [4.78, 5) is 11.1. The number of nitrogens with zero attached hydrogens (tertiary/aromatic N) is 1. The Morgan fingerprint density at radius 1 is 1.33 bits per heavy atom. The zero-order valence-corrected chi connectivity index (χ0v) is 7.96. The Kier molecular flexibility index (Phi) is 2.53. The van der Waals surface area contributed by atoms with Gasteiger partial charge in [0.15, 0.2) is 11.6 Å². The second kappa shape index (κ2) is 3.84. The molecule has 0 spiro atoms. The maximum Gasteiger partial charge on any atom is 0.238 e. The molecule has 1 aliphatic rings. The van der Waals surface area contributed by atoms with Crippen molar-refractivity contribution < 1.29 is 13.6 Å². The summed E-state index contributed by atoms with van der Waals surface area (Å²) in [7, 11) is 0. The summed E-state index contributed by atoms with van der Waals surface area (Å²) in [6.07, 6.45) is 1.06. The largest absolute Gasteiger partial charge is 0.282 e. The minimum atomic E-state index is -0.931. The van der Waals surface area contributed by atoms with E-state index in [-0.39, 0.29) is 11.6 Å². The van der Waals surface area contributed by atoms with Gasteiger partial charge in [-0.15, -0.1) is 0 Å². The Balaban J connectivity index is 2.28. The Morgan fingerprint density at radius 2 is 2.13 bits per heavy atom. The van der Waals surface area contributed by atoms with Crippen LogP contribution in [0, 0.1) is 11.6 Å². The summed E-state index contributed by atoms with van der Waals surface area (Å²) in [5.41, 5.74) is 2.56. The van der Waals surface area contributed by atoms with Crippen LogP contribution in [0.15, 0.2) is 18.2 Å². The topological polar surface area (TPSA) is 32.3 Å². The van der Waals surface area contributed by atoms with Crippen LogP contribution in [0.3, 0.4) is 0 Å². The summed E-state index contributed by atoms with van der Waals surface area (Å²) < 4.78 is 26.3. The summed E-state index contributed by atoms with van der Waals surface area (Å²) in [6, 6.07) is 3.89. The molecule has 15 heavy (non-hydrogen) atoms. The van der Waals surface area contributed by atoms with Gasteiger partial charge < -0.3 is 0 Å². The van der Waals surface area contributed by atoms with Gasteiger partial charge in [-0.3, -0.25) is 15.2 Å². The molecule has 1 N–H and O–H groups in total. The maximum atomic E-state index is 13.3. The maximum absolute atomic E-state index is 13.3. The van der Waals surface area contributed by atoms with Gasteiger partial charge in [-0.1, -0.05) is 6.07 Å². The molecule has 3 nitrogen and oxygen atoms in total. The molecule has 80 valence electrons. The molecule has 1 heterocycles. The van der Waals surface area contributed by atoms with Gasteiger partial charge in [0, 0.05) is 13.0 Å². The SMILES string of the molecule is O=C1CCCN(c2cccc(F)c2F)N1. The van der Waals surface area contributed by atoms with Crippen LogP contribution in [-0.4, -0.2) is 12.5 Å². The number of carbonyl (C=O) groups is 1. The normalized spacial score (nSPS) is 16.4. The van der Waals surface area contributed by atoms with Gasteiger partial charge >= 0.3 is 0 Å². The van der Waals surface area contributed by atoms with E-state index in [2.05, 4.69) is 5.43 Å². The molecule has 0 aromatic heterocycles.